The van der Waals surface area contributed by atoms with Gasteiger partial charge in [0.15, 0.2) is 11.5 Å². The molecule has 2 atom stereocenters. The minimum atomic E-state index is 0.110. The van der Waals surface area contributed by atoms with Crippen LogP contribution in [-0.4, -0.2) is 51.1 Å². The van der Waals surface area contributed by atoms with E-state index in [2.05, 4.69) is 41.2 Å². The number of fused-ring (bicyclic) bond motifs is 1. The zero-order chi connectivity index (χ0) is 19.7. The summed E-state index contributed by atoms with van der Waals surface area (Å²) < 4.78 is 16.4. The number of methoxy groups -OCH3 is 3. The molecule has 0 radical (unpaired) electrons. The Hall–Kier alpha value is -2.73. The Morgan fingerprint density at radius 1 is 1.00 bits per heavy atom. The van der Waals surface area contributed by atoms with Crippen molar-refractivity contribution in [1.29, 1.82) is 0 Å². The molecule has 0 aliphatic carbocycles. The molecule has 0 aromatic heterocycles. The quantitative estimate of drug-likeness (QED) is 0.768. The first kappa shape index (κ1) is 18.6. The molecular formula is C22H26N2O4. The van der Waals surface area contributed by atoms with Crippen molar-refractivity contribution in [2.24, 2.45) is 11.1 Å². The Balaban J connectivity index is 1.50. The zero-order valence-electron chi connectivity index (χ0n) is 16.8. The van der Waals surface area contributed by atoms with E-state index >= 15 is 0 Å². The van der Waals surface area contributed by atoms with Crippen molar-refractivity contribution in [3.8, 4) is 17.2 Å². The Labute approximate surface area is 165 Å². The topological polar surface area (TPSA) is 52.5 Å². The molecule has 2 aromatic rings. The number of hydrogen-bond donors (Lipinski definition) is 0. The third-order valence-corrected chi connectivity index (χ3v) is 5.46. The smallest absolute Gasteiger partial charge is 0.203 e. The molecule has 2 aliphatic heterocycles. The highest BCUT2D eigenvalue weighted by Crippen LogP contribution is 2.39. The van der Waals surface area contributed by atoms with Crippen molar-refractivity contribution in [2.45, 2.75) is 19.6 Å². The number of oxime groups is 1. The van der Waals surface area contributed by atoms with Crippen molar-refractivity contribution in [2.75, 3.05) is 34.4 Å². The number of likely N-dealkylation sites (tertiary alicyclic amines) is 1. The van der Waals surface area contributed by atoms with E-state index < -0.39 is 0 Å². The number of ether oxygens (including phenoxy) is 3. The second kappa shape index (κ2) is 7.72. The van der Waals surface area contributed by atoms with Crippen LogP contribution >= 0.6 is 0 Å². The number of aryl methyl sites for hydroxylation is 1. The Morgan fingerprint density at radius 2 is 1.68 bits per heavy atom. The van der Waals surface area contributed by atoms with E-state index in [0.717, 1.165) is 36.5 Å². The molecule has 2 aliphatic rings. The van der Waals surface area contributed by atoms with E-state index in [0.29, 0.717) is 23.2 Å². The van der Waals surface area contributed by atoms with Crippen LogP contribution in [0.4, 0.5) is 0 Å². The van der Waals surface area contributed by atoms with Crippen LogP contribution in [0.3, 0.4) is 0 Å². The summed E-state index contributed by atoms with van der Waals surface area (Å²) >= 11 is 0. The molecule has 0 bridgehead atoms. The normalized spacial score (nSPS) is 21.1. The van der Waals surface area contributed by atoms with Gasteiger partial charge in [-0.3, -0.25) is 4.90 Å². The molecule has 0 unspecified atom stereocenters. The predicted octanol–water partition coefficient (Wildman–Crippen LogP) is 3.26. The van der Waals surface area contributed by atoms with Gasteiger partial charge in [0.2, 0.25) is 5.75 Å². The highest BCUT2D eigenvalue weighted by Gasteiger charge is 2.42. The number of hydrogen-bond acceptors (Lipinski definition) is 6. The fourth-order valence-electron chi connectivity index (χ4n) is 4.02. The van der Waals surface area contributed by atoms with E-state index in [-0.39, 0.29) is 6.10 Å². The fraction of sp³-hybridized carbons (Fsp3) is 0.409. The van der Waals surface area contributed by atoms with E-state index in [9.17, 15) is 0 Å². The Bertz CT molecular complexity index is 854. The third-order valence-electron chi connectivity index (χ3n) is 5.46. The third kappa shape index (κ3) is 3.40. The summed E-state index contributed by atoms with van der Waals surface area (Å²) in [6.45, 7) is 4.64. The van der Waals surface area contributed by atoms with Gasteiger partial charge in [0, 0.05) is 19.6 Å². The maximum absolute atomic E-state index is 5.75. The Kier molecular flexibility index (Phi) is 5.13. The van der Waals surface area contributed by atoms with Gasteiger partial charge in [-0.2, -0.15) is 0 Å². The number of nitrogens with zero attached hydrogens (tertiary/aromatic N) is 2. The zero-order valence-corrected chi connectivity index (χ0v) is 16.8. The van der Waals surface area contributed by atoms with Gasteiger partial charge in [0.1, 0.15) is 6.10 Å². The lowest BCUT2D eigenvalue weighted by atomic mass is 9.94. The van der Waals surface area contributed by atoms with Crippen LogP contribution in [0, 0.1) is 12.8 Å². The van der Waals surface area contributed by atoms with Gasteiger partial charge < -0.3 is 19.0 Å². The first-order valence-electron chi connectivity index (χ1n) is 9.45. The van der Waals surface area contributed by atoms with E-state index in [1.807, 2.05) is 12.1 Å². The monoisotopic (exact) mass is 382 g/mol. The molecule has 1 saturated heterocycles. The van der Waals surface area contributed by atoms with Crippen molar-refractivity contribution >= 4 is 5.71 Å². The lowest BCUT2D eigenvalue weighted by Crippen LogP contribution is -2.23. The molecule has 0 N–H and O–H groups in total. The van der Waals surface area contributed by atoms with Crippen LogP contribution < -0.4 is 14.2 Å². The summed E-state index contributed by atoms with van der Waals surface area (Å²) in [6.07, 6.45) is 0.110. The van der Waals surface area contributed by atoms with E-state index in [1.165, 1.54) is 5.56 Å². The second-order valence-electron chi connectivity index (χ2n) is 7.32. The van der Waals surface area contributed by atoms with Crippen molar-refractivity contribution in [1.82, 2.24) is 4.90 Å². The molecule has 6 nitrogen and oxygen atoms in total. The summed E-state index contributed by atoms with van der Waals surface area (Å²) in [5.41, 5.74) is 4.56. The highest BCUT2D eigenvalue weighted by molar-refractivity contribution is 6.03. The van der Waals surface area contributed by atoms with E-state index in [4.69, 9.17) is 19.0 Å². The molecule has 148 valence electrons. The lowest BCUT2D eigenvalue weighted by molar-refractivity contribution is 0.0745. The minimum Gasteiger partial charge on any atom is -0.493 e. The number of benzene rings is 2. The summed E-state index contributed by atoms with van der Waals surface area (Å²) in [7, 11) is 4.89. The van der Waals surface area contributed by atoms with Gasteiger partial charge >= 0.3 is 0 Å². The van der Waals surface area contributed by atoms with Crippen LogP contribution in [0.2, 0.25) is 0 Å². The standard InChI is InChI=1S/C22H26N2O4/c1-14-5-7-16(8-6-14)21-17-12-24(13-20(17)28-23-21)11-15-9-18(25-2)22(27-4)19(10-15)26-3/h5-10,17,20H,11-13H2,1-4H3/t17-,20+/m0/s1. The van der Waals surface area contributed by atoms with Crippen molar-refractivity contribution in [3.05, 3.63) is 53.1 Å². The van der Waals surface area contributed by atoms with Crippen LogP contribution in [-0.2, 0) is 11.4 Å². The molecule has 6 heteroatoms. The molecule has 28 heavy (non-hydrogen) atoms. The number of rotatable bonds is 6. The van der Waals surface area contributed by atoms with Gasteiger partial charge in [-0.15, -0.1) is 0 Å². The van der Waals surface area contributed by atoms with E-state index in [1.54, 1.807) is 21.3 Å². The van der Waals surface area contributed by atoms with Gasteiger partial charge in [-0.25, -0.2) is 0 Å². The molecule has 4 rings (SSSR count). The van der Waals surface area contributed by atoms with Crippen molar-refractivity contribution < 1.29 is 19.0 Å². The molecule has 2 aromatic carbocycles. The van der Waals surface area contributed by atoms with Gasteiger partial charge in [-0.1, -0.05) is 35.0 Å². The van der Waals surface area contributed by atoms with Crippen LogP contribution in [0.5, 0.6) is 17.2 Å². The summed E-state index contributed by atoms with van der Waals surface area (Å²) in [4.78, 5) is 8.13. The largest absolute Gasteiger partial charge is 0.493 e. The molecule has 2 heterocycles. The molecule has 0 saturated carbocycles. The predicted molar refractivity (Wildman–Crippen MR) is 107 cm³/mol. The summed E-state index contributed by atoms with van der Waals surface area (Å²) in [5.74, 6) is 2.26. The summed E-state index contributed by atoms with van der Waals surface area (Å²) in [5, 5.41) is 4.37. The maximum atomic E-state index is 5.75. The lowest BCUT2D eigenvalue weighted by Gasteiger charge is -2.19. The SMILES string of the molecule is COc1cc(CN2C[C@@H]3C(c4ccc(C)cc4)=NO[C@@H]3C2)cc(OC)c1OC. The molecule has 0 spiro atoms. The first-order valence-corrected chi connectivity index (χ1v) is 9.45. The average molecular weight is 382 g/mol. The van der Waals surface area contributed by atoms with Gasteiger partial charge in [0.25, 0.3) is 0 Å². The average Bonchev–Trinajstić information content (AvgIpc) is 3.28. The first-order chi connectivity index (χ1) is 13.6. The van der Waals surface area contributed by atoms with Gasteiger partial charge in [-0.05, 0) is 30.2 Å². The molecule has 1 fully saturated rings. The summed E-state index contributed by atoms with van der Waals surface area (Å²) in [6, 6.07) is 12.5. The second-order valence-corrected chi connectivity index (χ2v) is 7.32. The highest BCUT2D eigenvalue weighted by atomic mass is 16.6. The molecular weight excluding hydrogens is 356 g/mol. The van der Waals surface area contributed by atoms with Crippen LogP contribution in [0.15, 0.2) is 41.6 Å². The maximum Gasteiger partial charge on any atom is 0.203 e. The Morgan fingerprint density at radius 3 is 2.29 bits per heavy atom. The van der Waals surface area contributed by atoms with Crippen LogP contribution in [0.1, 0.15) is 16.7 Å². The fourth-order valence-corrected chi connectivity index (χ4v) is 4.02. The minimum absolute atomic E-state index is 0.110. The van der Waals surface area contributed by atoms with Gasteiger partial charge in [0.05, 0.1) is 33.0 Å². The van der Waals surface area contributed by atoms with Crippen LogP contribution in [0.25, 0.3) is 0 Å². The molecule has 0 amide bonds. The van der Waals surface area contributed by atoms with Crippen molar-refractivity contribution in [3.63, 3.8) is 0 Å².